The van der Waals surface area contributed by atoms with Gasteiger partial charge in [0.05, 0.1) is 18.8 Å². The van der Waals surface area contributed by atoms with Gasteiger partial charge >= 0.3 is 0 Å². The molecule has 288 valence electrons. The van der Waals surface area contributed by atoms with Crippen molar-refractivity contribution in [1.29, 1.82) is 0 Å². The van der Waals surface area contributed by atoms with Crippen LogP contribution in [0.15, 0.2) is 11.6 Å². The molecule has 0 spiro atoms. The smallest absolute Gasteiger partial charge is 0.187 e. The van der Waals surface area contributed by atoms with Gasteiger partial charge in [0, 0.05) is 6.42 Å². The molecule has 0 aromatic rings. The van der Waals surface area contributed by atoms with Crippen LogP contribution >= 0.6 is 0 Å². The summed E-state index contributed by atoms with van der Waals surface area (Å²) in [4.78, 5) is 0. The molecule has 6 rings (SSSR count). The second-order valence-corrected chi connectivity index (χ2v) is 18.1. The van der Waals surface area contributed by atoms with E-state index in [1.165, 1.54) is 50.5 Å². The first kappa shape index (κ1) is 39.0. The number of hydrogen-bond acceptors (Lipinski definition) is 11. The van der Waals surface area contributed by atoms with E-state index < -0.39 is 80.0 Å². The highest BCUT2D eigenvalue weighted by atomic mass is 16.7. The normalized spacial score (nSPS) is 51.4. The first-order valence-corrected chi connectivity index (χ1v) is 19.6. The Kier molecular flexibility index (Phi) is 11.6. The summed E-state index contributed by atoms with van der Waals surface area (Å²) in [5.41, 5.74) is 0.00551. The number of aliphatic hydroxyl groups excluding tert-OH is 7. The van der Waals surface area contributed by atoms with Crippen molar-refractivity contribution < 1.29 is 55.1 Å². The Labute approximate surface area is 298 Å². The molecule has 6 aliphatic rings. The van der Waals surface area contributed by atoms with E-state index in [0.717, 1.165) is 30.6 Å². The van der Waals surface area contributed by atoms with Crippen LogP contribution in [0.5, 0.6) is 0 Å². The van der Waals surface area contributed by atoms with E-state index >= 15 is 0 Å². The summed E-state index contributed by atoms with van der Waals surface area (Å²) >= 11 is 0. The van der Waals surface area contributed by atoms with E-state index in [0.29, 0.717) is 36.0 Å². The van der Waals surface area contributed by atoms with Crippen molar-refractivity contribution in [2.45, 2.75) is 172 Å². The topological polar surface area (TPSA) is 190 Å². The summed E-state index contributed by atoms with van der Waals surface area (Å²) < 4.78 is 17.4. The van der Waals surface area contributed by atoms with Gasteiger partial charge in [0.2, 0.25) is 0 Å². The highest BCUT2D eigenvalue weighted by Crippen LogP contribution is 2.68. The summed E-state index contributed by atoms with van der Waals surface area (Å²) in [6.07, 6.45) is -1.15. The number of aliphatic hydroxyl groups is 8. The molecule has 0 aromatic carbocycles. The second-order valence-electron chi connectivity index (χ2n) is 18.1. The molecule has 0 bridgehead atoms. The summed E-state index contributed by atoms with van der Waals surface area (Å²) in [6.45, 7) is 10.8. The maximum atomic E-state index is 12.2. The Balaban J connectivity index is 1.14. The van der Waals surface area contributed by atoms with Crippen LogP contribution < -0.4 is 0 Å². The van der Waals surface area contributed by atoms with Gasteiger partial charge in [0.25, 0.3) is 0 Å². The Morgan fingerprint density at radius 3 is 2.20 bits per heavy atom. The standard InChI is InChI=1S/C39H66O11/c1-20(2)7-6-8-21(3)24-11-12-25-23-10-9-22-17-39(47,16-15-37(22,4)26(23)13-14-38(24,25)5)35-32(45)31(44)34(28(19-41)48-35)50-36-33(46)30(43)29(42)27(18-40)49-36/h9,20-21,23-36,40-47H,6-8,10-19H2,1-5H3/t21-,23+,24-,25+,26+,27-,28-,29+,30+,31-,32-,33-,34-,35?,36+,37+,38-,39+/m1/s1. The largest absolute Gasteiger partial charge is 0.394 e. The van der Waals surface area contributed by atoms with Crippen LogP contribution in [0.3, 0.4) is 0 Å². The van der Waals surface area contributed by atoms with Crippen LogP contribution in [0.1, 0.15) is 105 Å². The SMILES string of the molecule is CC(C)CCC[C@@H](C)[C@H]1CC[C@H]2[C@@H]3CC=C4C[C@](O)(C5O[C@H](CO)[C@@H](O[C@@H]6O[C@H](CO)[C@H](O)[C@H](O)[C@H]6O)[C@H](O)[C@H]5O)CC[C@]4(C)[C@H]3CC[C@]12C. The lowest BCUT2D eigenvalue weighted by Crippen LogP contribution is -2.68. The van der Waals surface area contributed by atoms with Gasteiger partial charge in [-0.05, 0) is 91.3 Å². The Hall–Kier alpha value is -0.700. The van der Waals surface area contributed by atoms with Crippen molar-refractivity contribution in [1.82, 2.24) is 0 Å². The minimum atomic E-state index is -1.73. The molecule has 2 heterocycles. The molecule has 3 saturated carbocycles. The van der Waals surface area contributed by atoms with Gasteiger partial charge in [-0.25, -0.2) is 0 Å². The fraction of sp³-hybridized carbons (Fsp3) is 0.949. The fourth-order valence-electron chi connectivity index (χ4n) is 12.0. The van der Waals surface area contributed by atoms with E-state index in [9.17, 15) is 40.9 Å². The highest BCUT2D eigenvalue weighted by molar-refractivity contribution is 5.28. The molecule has 0 aromatic heterocycles. The molecule has 11 nitrogen and oxygen atoms in total. The number of allylic oxidation sites excluding steroid dienone is 1. The van der Waals surface area contributed by atoms with E-state index in [4.69, 9.17) is 14.2 Å². The molecule has 1 unspecified atom stereocenters. The molecule has 0 amide bonds. The number of fused-ring (bicyclic) bond motifs is 5. The molecule has 18 atom stereocenters. The van der Waals surface area contributed by atoms with Crippen molar-refractivity contribution in [3.05, 3.63) is 11.6 Å². The van der Waals surface area contributed by atoms with Crippen LogP contribution in [0.25, 0.3) is 0 Å². The molecule has 2 saturated heterocycles. The van der Waals surface area contributed by atoms with Gasteiger partial charge in [-0.3, -0.25) is 0 Å². The minimum absolute atomic E-state index is 0.0686. The lowest BCUT2D eigenvalue weighted by Gasteiger charge is -2.60. The van der Waals surface area contributed by atoms with E-state index in [2.05, 4.69) is 40.7 Å². The number of hydrogen-bond donors (Lipinski definition) is 8. The molecule has 2 aliphatic heterocycles. The lowest BCUT2D eigenvalue weighted by atomic mass is 9.46. The first-order valence-electron chi connectivity index (χ1n) is 19.6. The third-order valence-corrected chi connectivity index (χ3v) is 14.9. The van der Waals surface area contributed by atoms with Crippen molar-refractivity contribution in [2.24, 2.45) is 46.3 Å². The van der Waals surface area contributed by atoms with Crippen LogP contribution in [-0.2, 0) is 14.2 Å². The maximum Gasteiger partial charge on any atom is 0.187 e. The second kappa shape index (κ2) is 14.9. The Morgan fingerprint density at radius 2 is 1.52 bits per heavy atom. The summed E-state index contributed by atoms with van der Waals surface area (Å²) in [5.74, 6) is 4.14. The van der Waals surface area contributed by atoms with Gasteiger partial charge in [0.15, 0.2) is 6.29 Å². The van der Waals surface area contributed by atoms with Crippen LogP contribution in [0.2, 0.25) is 0 Å². The average Bonchev–Trinajstić information content (AvgIpc) is 3.44. The zero-order valence-corrected chi connectivity index (χ0v) is 30.8. The molecule has 8 N–H and O–H groups in total. The molecular formula is C39H66O11. The zero-order chi connectivity index (χ0) is 36.3. The molecule has 5 fully saturated rings. The van der Waals surface area contributed by atoms with Gasteiger partial charge < -0.3 is 55.1 Å². The van der Waals surface area contributed by atoms with Crippen molar-refractivity contribution in [3.8, 4) is 0 Å². The predicted molar refractivity (Wildman–Crippen MR) is 184 cm³/mol. The van der Waals surface area contributed by atoms with Gasteiger partial charge in [-0.2, -0.15) is 0 Å². The predicted octanol–water partition coefficient (Wildman–Crippen LogP) is 2.43. The van der Waals surface area contributed by atoms with E-state index in [1.807, 2.05) is 0 Å². The Morgan fingerprint density at radius 1 is 0.800 bits per heavy atom. The molecular weight excluding hydrogens is 644 g/mol. The van der Waals surface area contributed by atoms with E-state index in [1.54, 1.807) is 0 Å². The van der Waals surface area contributed by atoms with Crippen LogP contribution in [-0.4, -0.2) is 121 Å². The number of rotatable bonds is 10. The first-order chi connectivity index (χ1) is 23.6. The van der Waals surface area contributed by atoms with Gasteiger partial charge in [-0.1, -0.05) is 65.5 Å². The highest BCUT2D eigenvalue weighted by Gasteiger charge is 2.62. The molecule has 50 heavy (non-hydrogen) atoms. The fourth-order valence-corrected chi connectivity index (χ4v) is 12.0. The third-order valence-electron chi connectivity index (χ3n) is 14.9. The molecule has 4 aliphatic carbocycles. The maximum absolute atomic E-state index is 12.2. The van der Waals surface area contributed by atoms with Crippen LogP contribution in [0.4, 0.5) is 0 Å². The summed E-state index contributed by atoms with van der Waals surface area (Å²) in [5, 5.41) is 85.6. The quantitative estimate of drug-likeness (QED) is 0.156. The van der Waals surface area contributed by atoms with Gasteiger partial charge in [-0.15, -0.1) is 0 Å². The molecule has 11 heteroatoms. The van der Waals surface area contributed by atoms with Crippen molar-refractivity contribution in [2.75, 3.05) is 13.2 Å². The van der Waals surface area contributed by atoms with Gasteiger partial charge in [0.1, 0.15) is 54.9 Å². The Bertz CT molecular complexity index is 1190. The van der Waals surface area contributed by atoms with E-state index in [-0.39, 0.29) is 5.41 Å². The average molecular weight is 711 g/mol. The monoisotopic (exact) mass is 710 g/mol. The molecule has 0 radical (unpaired) electrons. The van der Waals surface area contributed by atoms with Crippen molar-refractivity contribution >= 4 is 0 Å². The summed E-state index contributed by atoms with van der Waals surface area (Å²) in [6, 6.07) is 0. The zero-order valence-electron chi connectivity index (χ0n) is 30.8. The van der Waals surface area contributed by atoms with Crippen molar-refractivity contribution in [3.63, 3.8) is 0 Å². The number of ether oxygens (including phenoxy) is 3. The van der Waals surface area contributed by atoms with Crippen LogP contribution in [0, 0.1) is 46.3 Å². The lowest BCUT2D eigenvalue weighted by molar-refractivity contribution is -0.350. The summed E-state index contributed by atoms with van der Waals surface area (Å²) in [7, 11) is 0. The minimum Gasteiger partial charge on any atom is -0.394 e. The third kappa shape index (κ3) is 6.67.